The average Bonchev–Trinajstić information content (AvgIpc) is 3.15. The molecule has 8 heteroatoms. The minimum atomic E-state index is -0.630. The average molecular weight is 469 g/mol. The second-order valence-corrected chi connectivity index (χ2v) is 8.91. The normalized spacial score (nSPS) is 11.5. The van der Waals surface area contributed by atoms with Crippen molar-refractivity contribution < 1.29 is 8.78 Å². The van der Waals surface area contributed by atoms with Crippen LogP contribution in [-0.2, 0) is 6.54 Å². The van der Waals surface area contributed by atoms with Crippen molar-refractivity contribution in [3.05, 3.63) is 109 Å². The minimum absolute atomic E-state index is 0.0177. The molecule has 0 amide bonds. The quantitative estimate of drug-likeness (QED) is 0.343. The van der Waals surface area contributed by atoms with Crippen molar-refractivity contribution in [1.82, 2.24) is 9.13 Å². The topological polar surface area (TPSA) is 44.0 Å². The number of benzene rings is 3. The molecule has 3 aromatic carbocycles. The molecule has 0 bridgehead atoms. The van der Waals surface area contributed by atoms with Gasteiger partial charge in [-0.3, -0.25) is 9.36 Å². The van der Waals surface area contributed by atoms with E-state index in [1.54, 1.807) is 6.92 Å². The monoisotopic (exact) mass is 468 g/mol. The van der Waals surface area contributed by atoms with Crippen molar-refractivity contribution in [3.8, 4) is 5.69 Å². The fraction of sp³-hybridized carbons (Fsp3) is 0.0833. The van der Waals surface area contributed by atoms with Crippen molar-refractivity contribution in [2.24, 2.45) is 0 Å². The lowest BCUT2D eigenvalue weighted by atomic mass is 10.2. The summed E-state index contributed by atoms with van der Waals surface area (Å²) in [5.74, 6) is -1.00. The van der Waals surface area contributed by atoms with Gasteiger partial charge in [0, 0.05) is 15.1 Å². The third-order valence-electron chi connectivity index (χ3n) is 5.42. The van der Waals surface area contributed by atoms with Crippen LogP contribution >= 0.6 is 22.9 Å². The largest absolute Gasteiger partial charge is 0.336 e. The lowest BCUT2D eigenvalue weighted by Crippen LogP contribution is -2.38. The molecular formula is C24H15ClF2N2O2S. The van der Waals surface area contributed by atoms with Gasteiger partial charge in [0.15, 0.2) is 0 Å². The molecule has 0 N–H and O–H groups in total. The molecule has 160 valence electrons. The molecule has 0 aliphatic heterocycles. The van der Waals surface area contributed by atoms with Gasteiger partial charge in [-0.05, 0) is 48.4 Å². The number of rotatable bonds is 3. The molecule has 0 aliphatic carbocycles. The molecule has 0 fully saturated rings. The minimum Gasteiger partial charge on any atom is -0.287 e. The van der Waals surface area contributed by atoms with Gasteiger partial charge in [-0.15, -0.1) is 11.3 Å². The summed E-state index contributed by atoms with van der Waals surface area (Å²) in [6, 6.07) is 15.6. The van der Waals surface area contributed by atoms with Gasteiger partial charge in [-0.25, -0.2) is 18.1 Å². The smallest absolute Gasteiger partial charge is 0.287 e. The summed E-state index contributed by atoms with van der Waals surface area (Å²) in [4.78, 5) is 27.0. The molecule has 0 radical (unpaired) electrons. The van der Waals surface area contributed by atoms with Gasteiger partial charge in [0.1, 0.15) is 16.3 Å². The first-order valence-corrected chi connectivity index (χ1v) is 10.9. The van der Waals surface area contributed by atoms with Crippen molar-refractivity contribution >= 4 is 43.2 Å². The maximum absolute atomic E-state index is 14.3. The van der Waals surface area contributed by atoms with E-state index in [0.717, 1.165) is 14.7 Å². The fourth-order valence-electron chi connectivity index (χ4n) is 3.77. The molecule has 4 nitrogen and oxygen atoms in total. The van der Waals surface area contributed by atoms with Crippen LogP contribution < -0.4 is 11.2 Å². The maximum Gasteiger partial charge on any atom is 0.336 e. The van der Waals surface area contributed by atoms with Crippen LogP contribution in [0.15, 0.2) is 70.3 Å². The van der Waals surface area contributed by atoms with E-state index in [1.807, 2.05) is 24.3 Å². The zero-order chi connectivity index (χ0) is 22.6. The molecular weight excluding hydrogens is 454 g/mol. The number of halogens is 3. The van der Waals surface area contributed by atoms with Crippen molar-refractivity contribution in [2.45, 2.75) is 13.5 Å². The van der Waals surface area contributed by atoms with Crippen molar-refractivity contribution in [1.29, 1.82) is 0 Å². The van der Waals surface area contributed by atoms with Gasteiger partial charge in [0.05, 0.1) is 17.7 Å². The molecule has 2 heterocycles. The summed E-state index contributed by atoms with van der Waals surface area (Å²) in [7, 11) is 0. The number of thiophene rings is 1. The molecule has 0 atom stereocenters. The zero-order valence-electron chi connectivity index (χ0n) is 16.7. The van der Waals surface area contributed by atoms with E-state index in [4.69, 9.17) is 11.6 Å². The Morgan fingerprint density at radius 2 is 1.78 bits per heavy atom. The van der Waals surface area contributed by atoms with Gasteiger partial charge >= 0.3 is 5.69 Å². The highest BCUT2D eigenvalue weighted by Crippen LogP contribution is 2.32. The first kappa shape index (κ1) is 20.6. The Kier molecular flexibility index (Phi) is 4.95. The predicted molar refractivity (Wildman–Crippen MR) is 124 cm³/mol. The first-order valence-electron chi connectivity index (χ1n) is 9.72. The summed E-state index contributed by atoms with van der Waals surface area (Å²) < 4.78 is 31.4. The Hall–Kier alpha value is -3.29. The maximum atomic E-state index is 14.3. The molecule has 5 rings (SSSR count). The van der Waals surface area contributed by atoms with Crippen LogP contribution in [0.25, 0.3) is 26.0 Å². The van der Waals surface area contributed by atoms with Crippen LogP contribution in [0.2, 0.25) is 5.02 Å². The Morgan fingerprint density at radius 1 is 1.00 bits per heavy atom. The number of fused-ring (bicyclic) bond motifs is 3. The number of hydrogen-bond donors (Lipinski definition) is 0. The molecule has 0 saturated heterocycles. The summed E-state index contributed by atoms with van der Waals surface area (Å²) in [5, 5.41) is 0.922. The van der Waals surface area contributed by atoms with Gasteiger partial charge in [-0.2, -0.15) is 0 Å². The molecule has 0 unspecified atom stereocenters. The van der Waals surface area contributed by atoms with E-state index in [2.05, 4.69) is 0 Å². The summed E-state index contributed by atoms with van der Waals surface area (Å²) >= 11 is 7.50. The number of aryl methyl sites for hydroxylation is 1. The van der Waals surface area contributed by atoms with E-state index in [0.29, 0.717) is 21.3 Å². The summed E-state index contributed by atoms with van der Waals surface area (Å²) in [5.41, 5.74) is 0.395. The van der Waals surface area contributed by atoms with E-state index >= 15 is 0 Å². The summed E-state index contributed by atoms with van der Waals surface area (Å²) in [6.07, 6.45) is 0. The second kappa shape index (κ2) is 7.69. The van der Waals surface area contributed by atoms with Crippen LogP contribution in [-0.4, -0.2) is 9.13 Å². The van der Waals surface area contributed by atoms with Gasteiger partial charge in [0.25, 0.3) is 5.56 Å². The molecule has 2 aromatic heterocycles. The Balaban J connectivity index is 1.89. The van der Waals surface area contributed by atoms with E-state index in [1.165, 1.54) is 52.3 Å². The van der Waals surface area contributed by atoms with Crippen molar-refractivity contribution in [3.63, 3.8) is 0 Å². The number of aromatic nitrogens is 2. The highest BCUT2D eigenvalue weighted by atomic mass is 35.5. The van der Waals surface area contributed by atoms with Gasteiger partial charge in [0.2, 0.25) is 0 Å². The third kappa shape index (κ3) is 3.25. The molecule has 32 heavy (non-hydrogen) atoms. The highest BCUT2D eigenvalue weighted by molar-refractivity contribution is 7.25. The highest BCUT2D eigenvalue weighted by Gasteiger charge is 2.20. The summed E-state index contributed by atoms with van der Waals surface area (Å²) in [6.45, 7) is 1.62. The second-order valence-electron chi connectivity index (χ2n) is 7.45. The number of nitrogens with zero attached hydrogens (tertiary/aromatic N) is 2. The predicted octanol–water partition coefficient (Wildman–Crippen LogP) is 5.66. The molecule has 0 spiro atoms. The van der Waals surface area contributed by atoms with E-state index < -0.39 is 22.9 Å². The fourth-order valence-corrected chi connectivity index (χ4v) is 5.13. The van der Waals surface area contributed by atoms with Crippen LogP contribution in [0.3, 0.4) is 0 Å². The van der Waals surface area contributed by atoms with Gasteiger partial charge in [-0.1, -0.05) is 41.9 Å². The van der Waals surface area contributed by atoms with Gasteiger partial charge < -0.3 is 0 Å². The third-order valence-corrected chi connectivity index (χ3v) is 6.92. The molecule has 5 aromatic rings. The van der Waals surface area contributed by atoms with Crippen LogP contribution in [0.5, 0.6) is 0 Å². The Morgan fingerprint density at radius 3 is 2.53 bits per heavy atom. The van der Waals surface area contributed by atoms with Crippen LogP contribution in [0.1, 0.15) is 11.1 Å². The SMILES string of the molecule is Cc1ccc(-n2c(=O)c3sc4ccccc4c3n(Cc3ccc(F)cc3Cl)c2=O)cc1F. The van der Waals surface area contributed by atoms with Crippen molar-refractivity contribution in [2.75, 3.05) is 0 Å². The number of hydrogen-bond acceptors (Lipinski definition) is 3. The standard InChI is InChI=1S/C24H15ClF2N2O2S/c1-13-6-9-16(11-19(13)27)29-23(30)22-21(17-4-2-3-5-20(17)32-22)28(24(29)31)12-14-7-8-15(26)10-18(14)25/h2-11H,12H2,1H3. The van der Waals surface area contributed by atoms with Crippen LogP contribution in [0.4, 0.5) is 8.78 Å². The van der Waals surface area contributed by atoms with E-state index in [-0.39, 0.29) is 17.3 Å². The zero-order valence-corrected chi connectivity index (χ0v) is 18.3. The van der Waals surface area contributed by atoms with Crippen LogP contribution in [0, 0.1) is 18.6 Å². The molecule has 0 aliphatic rings. The molecule has 0 saturated carbocycles. The lowest BCUT2D eigenvalue weighted by Gasteiger charge is -2.14. The lowest BCUT2D eigenvalue weighted by molar-refractivity contribution is 0.615. The Bertz CT molecular complexity index is 1650. The Labute approximate surface area is 189 Å². The van der Waals surface area contributed by atoms with E-state index in [9.17, 15) is 18.4 Å². The first-order chi connectivity index (χ1) is 15.3.